The molecule has 0 bridgehead atoms. The number of aromatic nitrogens is 3. The largest absolute Gasteiger partial charge is 0.361 e. The minimum atomic E-state index is -0.0283. The number of rotatable bonds is 6. The maximum absolute atomic E-state index is 12.3. The number of hydrogen-bond acceptors (Lipinski definition) is 7. The summed E-state index contributed by atoms with van der Waals surface area (Å²) in [6.45, 7) is 9.36. The Morgan fingerprint density at radius 1 is 1.32 bits per heavy atom. The summed E-state index contributed by atoms with van der Waals surface area (Å²) in [7, 11) is 0. The van der Waals surface area contributed by atoms with Gasteiger partial charge in [-0.3, -0.25) is 9.69 Å². The van der Waals surface area contributed by atoms with Crippen LogP contribution in [0.3, 0.4) is 0 Å². The highest BCUT2D eigenvalue weighted by atomic mass is 16.5. The van der Waals surface area contributed by atoms with Crippen LogP contribution in [0.1, 0.15) is 67.4 Å². The van der Waals surface area contributed by atoms with Crippen LogP contribution >= 0.6 is 0 Å². The lowest BCUT2D eigenvalue weighted by molar-refractivity contribution is -0.122. The van der Waals surface area contributed by atoms with Crippen LogP contribution in [0.2, 0.25) is 0 Å². The van der Waals surface area contributed by atoms with Gasteiger partial charge in [0.25, 0.3) is 0 Å². The molecule has 0 saturated carbocycles. The van der Waals surface area contributed by atoms with Crippen molar-refractivity contribution in [3.05, 3.63) is 28.7 Å². The van der Waals surface area contributed by atoms with Gasteiger partial charge in [0, 0.05) is 18.0 Å². The second-order valence-corrected chi connectivity index (χ2v) is 6.85. The number of likely N-dealkylation sites (tertiary alicyclic amines) is 1. The van der Waals surface area contributed by atoms with E-state index in [1.54, 1.807) is 0 Å². The maximum Gasteiger partial charge on any atom is 0.234 e. The van der Waals surface area contributed by atoms with Gasteiger partial charge in [-0.1, -0.05) is 24.2 Å². The van der Waals surface area contributed by atoms with Gasteiger partial charge in [-0.25, -0.2) is 0 Å². The molecule has 2 aromatic heterocycles. The van der Waals surface area contributed by atoms with E-state index in [9.17, 15) is 4.79 Å². The molecule has 1 aliphatic rings. The van der Waals surface area contributed by atoms with Crippen molar-refractivity contribution in [2.45, 2.75) is 59.0 Å². The van der Waals surface area contributed by atoms with Crippen molar-refractivity contribution < 1.29 is 13.8 Å². The molecule has 3 rings (SSSR count). The monoisotopic (exact) mass is 347 g/mol. The van der Waals surface area contributed by atoms with E-state index < -0.39 is 0 Å². The molecule has 0 radical (unpaired) electrons. The first kappa shape index (κ1) is 17.6. The van der Waals surface area contributed by atoms with Gasteiger partial charge in [0.05, 0.1) is 18.3 Å². The molecule has 1 atom stereocenters. The number of carbonyl (C=O) groups excluding carboxylic acids is 1. The molecule has 1 fully saturated rings. The topological polar surface area (TPSA) is 97.3 Å². The Morgan fingerprint density at radius 3 is 2.76 bits per heavy atom. The summed E-state index contributed by atoms with van der Waals surface area (Å²) in [6.07, 6.45) is 1.96. The molecular formula is C17H25N5O3. The third kappa shape index (κ3) is 3.89. The van der Waals surface area contributed by atoms with Crippen LogP contribution in [0.4, 0.5) is 0 Å². The summed E-state index contributed by atoms with van der Waals surface area (Å²) < 4.78 is 10.4. The first-order chi connectivity index (χ1) is 12.0. The average molecular weight is 347 g/mol. The van der Waals surface area contributed by atoms with Crippen molar-refractivity contribution in [1.82, 2.24) is 25.5 Å². The highest BCUT2D eigenvalue weighted by Crippen LogP contribution is 2.30. The molecule has 1 amide bonds. The summed E-state index contributed by atoms with van der Waals surface area (Å²) in [5.41, 5.74) is 1.75. The lowest BCUT2D eigenvalue weighted by Gasteiger charge is -2.21. The zero-order chi connectivity index (χ0) is 18.0. The molecule has 8 nitrogen and oxygen atoms in total. The van der Waals surface area contributed by atoms with E-state index in [4.69, 9.17) is 9.05 Å². The number of carbonyl (C=O) groups is 1. The summed E-state index contributed by atoms with van der Waals surface area (Å²) in [4.78, 5) is 18.9. The Hall–Kier alpha value is -2.22. The normalized spacial score (nSPS) is 18.2. The van der Waals surface area contributed by atoms with Gasteiger partial charge in [0.2, 0.25) is 11.8 Å². The van der Waals surface area contributed by atoms with Crippen LogP contribution in [0, 0.1) is 13.8 Å². The SMILES string of the molecule is Cc1noc(C)c1CNC(=O)CN1CCCC1c1noc(C(C)C)n1. The molecule has 2 aromatic rings. The number of nitrogens with zero attached hydrogens (tertiary/aromatic N) is 4. The van der Waals surface area contributed by atoms with E-state index in [-0.39, 0.29) is 17.9 Å². The number of amides is 1. The van der Waals surface area contributed by atoms with Crippen molar-refractivity contribution in [2.75, 3.05) is 13.1 Å². The third-order valence-electron chi connectivity index (χ3n) is 4.60. The lowest BCUT2D eigenvalue weighted by Crippen LogP contribution is -2.37. The lowest BCUT2D eigenvalue weighted by atomic mass is 10.2. The predicted molar refractivity (Wildman–Crippen MR) is 89.8 cm³/mol. The van der Waals surface area contributed by atoms with Crippen molar-refractivity contribution in [3.63, 3.8) is 0 Å². The molecule has 1 unspecified atom stereocenters. The van der Waals surface area contributed by atoms with Gasteiger partial charge in [0.1, 0.15) is 5.76 Å². The molecule has 1 saturated heterocycles. The molecule has 0 aliphatic carbocycles. The fourth-order valence-electron chi connectivity index (χ4n) is 3.11. The van der Waals surface area contributed by atoms with Gasteiger partial charge in [-0.05, 0) is 33.2 Å². The van der Waals surface area contributed by atoms with Gasteiger partial charge in [-0.15, -0.1) is 0 Å². The highest BCUT2D eigenvalue weighted by molar-refractivity contribution is 5.78. The quantitative estimate of drug-likeness (QED) is 0.856. The Labute approximate surface area is 146 Å². The van der Waals surface area contributed by atoms with Crippen LogP contribution in [-0.4, -0.2) is 39.2 Å². The van der Waals surface area contributed by atoms with Crippen molar-refractivity contribution in [3.8, 4) is 0 Å². The zero-order valence-corrected chi connectivity index (χ0v) is 15.2. The van der Waals surface area contributed by atoms with Gasteiger partial charge >= 0.3 is 0 Å². The van der Waals surface area contributed by atoms with E-state index >= 15 is 0 Å². The fourth-order valence-corrected chi connectivity index (χ4v) is 3.11. The summed E-state index contributed by atoms with van der Waals surface area (Å²) >= 11 is 0. The highest BCUT2D eigenvalue weighted by Gasteiger charge is 2.31. The minimum Gasteiger partial charge on any atom is -0.361 e. The molecule has 1 aliphatic heterocycles. The second kappa shape index (κ2) is 7.35. The standard InChI is InChI=1S/C17H25N5O3/c1-10(2)17-19-16(21-25-17)14-6-5-7-22(14)9-15(23)18-8-13-11(3)20-24-12(13)4/h10,14H,5-9H2,1-4H3,(H,18,23). The number of nitrogens with one attached hydrogen (secondary N) is 1. The summed E-state index contributed by atoms with van der Waals surface area (Å²) in [6, 6.07) is 0.0427. The summed E-state index contributed by atoms with van der Waals surface area (Å²) in [5, 5.41) is 11.0. The first-order valence-electron chi connectivity index (χ1n) is 8.71. The second-order valence-electron chi connectivity index (χ2n) is 6.85. The van der Waals surface area contributed by atoms with Crippen molar-refractivity contribution in [1.29, 1.82) is 0 Å². The van der Waals surface area contributed by atoms with Crippen LogP contribution in [0.15, 0.2) is 9.05 Å². The van der Waals surface area contributed by atoms with E-state index in [0.717, 1.165) is 36.4 Å². The number of hydrogen-bond donors (Lipinski definition) is 1. The minimum absolute atomic E-state index is 0.0283. The number of aryl methyl sites for hydroxylation is 2. The zero-order valence-electron chi connectivity index (χ0n) is 15.2. The molecule has 25 heavy (non-hydrogen) atoms. The van der Waals surface area contributed by atoms with E-state index in [0.29, 0.717) is 24.8 Å². The van der Waals surface area contributed by atoms with Crippen LogP contribution in [-0.2, 0) is 11.3 Å². The van der Waals surface area contributed by atoms with Crippen LogP contribution in [0.5, 0.6) is 0 Å². The Balaban J connectivity index is 1.58. The van der Waals surface area contributed by atoms with E-state index in [1.807, 2.05) is 27.7 Å². The molecule has 8 heteroatoms. The van der Waals surface area contributed by atoms with Crippen LogP contribution < -0.4 is 5.32 Å². The summed E-state index contributed by atoms with van der Waals surface area (Å²) in [5.74, 6) is 2.24. The molecule has 136 valence electrons. The molecule has 0 aromatic carbocycles. The Bertz CT molecular complexity index is 717. The van der Waals surface area contributed by atoms with Crippen LogP contribution in [0.25, 0.3) is 0 Å². The van der Waals surface area contributed by atoms with Gasteiger partial charge in [0.15, 0.2) is 5.82 Å². The first-order valence-corrected chi connectivity index (χ1v) is 8.71. The molecule has 3 heterocycles. The fraction of sp³-hybridized carbons (Fsp3) is 0.647. The molecular weight excluding hydrogens is 322 g/mol. The van der Waals surface area contributed by atoms with Crippen molar-refractivity contribution in [2.24, 2.45) is 0 Å². The smallest absolute Gasteiger partial charge is 0.234 e. The molecule has 1 N–H and O–H groups in total. The van der Waals surface area contributed by atoms with Crippen molar-refractivity contribution >= 4 is 5.91 Å². The average Bonchev–Trinajstić information content (AvgIpc) is 3.27. The molecule has 0 spiro atoms. The maximum atomic E-state index is 12.3. The van der Waals surface area contributed by atoms with Gasteiger partial charge in [-0.2, -0.15) is 4.98 Å². The van der Waals surface area contributed by atoms with E-state index in [2.05, 4.69) is 25.5 Å². The Morgan fingerprint density at radius 2 is 2.12 bits per heavy atom. The predicted octanol–water partition coefficient (Wildman–Crippen LogP) is 2.25. The van der Waals surface area contributed by atoms with Gasteiger partial charge < -0.3 is 14.4 Å². The Kier molecular flexibility index (Phi) is 5.17. The third-order valence-corrected chi connectivity index (χ3v) is 4.60. The van der Waals surface area contributed by atoms with E-state index in [1.165, 1.54) is 0 Å².